The predicted octanol–water partition coefficient (Wildman–Crippen LogP) is 1.72. The van der Waals surface area contributed by atoms with E-state index in [9.17, 15) is 9.59 Å². The molecule has 1 aromatic rings. The number of rotatable bonds is 3. The number of aryl methyl sites for hydroxylation is 2. The molecule has 3 rings (SSSR count). The molecule has 22 heavy (non-hydrogen) atoms. The average molecular weight is 304 g/mol. The van der Waals surface area contributed by atoms with Crippen molar-refractivity contribution in [1.29, 1.82) is 0 Å². The second-order valence-corrected chi connectivity index (χ2v) is 6.19. The van der Waals surface area contributed by atoms with Gasteiger partial charge < -0.3 is 4.90 Å². The van der Waals surface area contributed by atoms with Crippen LogP contribution in [0.2, 0.25) is 0 Å². The summed E-state index contributed by atoms with van der Waals surface area (Å²) in [6.07, 6.45) is 4.36. The van der Waals surface area contributed by atoms with Gasteiger partial charge in [0.2, 0.25) is 11.8 Å². The van der Waals surface area contributed by atoms with Gasteiger partial charge in [0, 0.05) is 25.6 Å². The number of fused-ring (bicyclic) bond motifs is 1. The van der Waals surface area contributed by atoms with E-state index in [1.165, 1.54) is 6.42 Å². The molecule has 0 aromatic carbocycles. The van der Waals surface area contributed by atoms with Crippen molar-refractivity contribution >= 4 is 17.6 Å². The Labute approximate surface area is 131 Å². The number of likely N-dealkylation sites (tertiary alicyclic amines) is 1. The quantitative estimate of drug-likeness (QED) is 0.854. The molecule has 0 radical (unpaired) electrons. The molecule has 2 amide bonds. The van der Waals surface area contributed by atoms with E-state index in [-0.39, 0.29) is 11.8 Å². The van der Waals surface area contributed by atoms with Crippen LogP contribution in [0.5, 0.6) is 0 Å². The molecule has 0 spiro atoms. The van der Waals surface area contributed by atoms with Gasteiger partial charge in [-0.2, -0.15) is 5.10 Å². The first-order valence-corrected chi connectivity index (χ1v) is 8.27. The second kappa shape index (κ2) is 6.10. The minimum atomic E-state index is -0.402. The summed E-state index contributed by atoms with van der Waals surface area (Å²) in [5.74, 6) is 0.887. The van der Waals surface area contributed by atoms with Crippen molar-refractivity contribution in [2.45, 2.75) is 58.5 Å². The molecule has 0 saturated carbocycles. The SMILES string of the molecule is CC[C@H](C(=O)N1CCCCC1)N1C(=O)CCn2nc(C)cc21. The van der Waals surface area contributed by atoms with E-state index in [1.54, 1.807) is 4.90 Å². The van der Waals surface area contributed by atoms with E-state index in [0.29, 0.717) is 19.4 Å². The van der Waals surface area contributed by atoms with E-state index < -0.39 is 6.04 Å². The molecule has 2 aliphatic heterocycles. The zero-order valence-electron chi connectivity index (χ0n) is 13.4. The Hall–Kier alpha value is -1.85. The molecule has 3 heterocycles. The third kappa shape index (κ3) is 2.62. The fourth-order valence-corrected chi connectivity index (χ4v) is 3.47. The van der Waals surface area contributed by atoms with Crippen LogP contribution >= 0.6 is 0 Å². The third-order valence-electron chi connectivity index (χ3n) is 4.59. The van der Waals surface area contributed by atoms with E-state index in [2.05, 4.69) is 5.10 Å². The van der Waals surface area contributed by atoms with Gasteiger partial charge in [0.25, 0.3) is 0 Å². The Morgan fingerprint density at radius 2 is 2.00 bits per heavy atom. The zero-order valence-corrected chi connectivity index (χ0v) is 13.4. The molecule has 0 N–H and O–H groups in total. The molecule has 120 valence electrons. The van der Waals surface area contributed by atoms with Crippen molar-refractivity contribution in [1.82, 2.24) is 14.7 Å². The third-order valence-corrected chi connectivity index (χ3v) is 4.59. The summed E-state index contributed by atoms with van der Waals surface area (Å²) in [6.45, 7) is 6.13. The van der Waals surface area contributed by atoms with Crippen molar-refractivity contribution in [3.63, 3.8) is 0 Å². The highest BCUT2D eigenvalue weighted by Gasteiger charge is 2.36. The molecule has 0 bridgehead atoms. The summed E-state index contributed by atoms with van der Waals surface area (Å²) in [7, 11) is 0. The molecular formula is C16H24N4O2. The Balaban J connectivity index is 1.88. The Morgan fingerprint density at radius 1 is 1.27 bits per heavy atom. The van der Waals surface area contributed by atoms with Crippen LogP contribution in [0.25, 0.3) is 0 Å². The van der Waals surface area contributed by atoms with Gasteiger partial charge in [-0.3, -0.25) is 14.5 Å². The van der Waals surface area contributed by atoms with Crippen molar-refractivity contribution in [2.75, 3.05) is 18.0 Å². The fraction of sp³-hybridized carbons (Fsp3) is 0.688. The van der Waals surface area contributed by atoms with E-state index >= 15 is 0 Å². The monoisotopic (exact) mass is 304 g/mol. The number of piperidine rings is 1. The molecule has 1 aromatic heterocycles. The summed E-state index contributed by atoms with van der Waals surface area (Å²) in [6, 6.07) is 1.50. The summed E-state index contributed by atoms with van der Waals surface area (Å²) < 4.78 is 1.85. The van der Waals surface area contributed by atoms with Gasteiger partial charge in [-0.15, -0.1) is 0 Å². The van der Waals surface area contributed by atoms with Crippen molar-refractivity contribution in [3.05, 3.63) is 11.8 Å². The number of carbonyl (C=O) groups is 2. The molecule has 0 unspecified atom stereocenters. The first-order chi connectivity index (χ1) is 10.6. The standard InChI is InChI=1S/C16H24N4O2/c1-3-13(16(22)18-8-5-4-6-9-18)20-14-11-12(2)17-19(14)10-7-15(20)21/h11,13H,3-10H2,1-2H3/t13-/m1/s1. The minimum absolute atomic E-state index is 0.0320. The highest BCUT2D eigenvalue weighted by molar-refractivity contribution is 6.01. The molecule has 6 nitrogen and oxygen atoms in total. The molecule has 0 aliphatic carbocycles. The fourth-order valence-electron chi connectivity index (χ4n) is 3.47. The number of anilines is 1. The van der Waals surface area contributed by atoms with Crippen LogP contribution in [0.15, 0.2) is 6.07 Å². The van der Waals surface area contributed by atoms with E-state index in [4.69, 9.17) is 0 Å². The molecule has 2 aliphatic rings. The number of amides is 2. The van der Waals surface area contributed by atoms with Crippen LogP contribution in [0.1, 0.15) is 44.7 Å². The van der Waals surface area contributed by atoms with Crippen LogP contribution in [0.4, 0.5) is 5.82 Å². The number of hydrogen-bond donors (Lipinski definition) is 0. The summed E-state index contributed by atoms with van der Waals surface area (Å²) >= 11 is 0. The van der Waals surface area contributed by atoms with Crippen molar-refractivity contribution < 1.29 is 9.59 Å². The minimum Gasteiger partial charge on any atom is -0.341 e. The lowest BCUT2D eigenvalue weighted by atomic mass is 10.1. The van der Waals surface area contributed by atoms with Gasteiger partial charge in [0.1, 0.15) is 11.9 Å². The summed E-state index contributed by atoms with van der Waals surface area (Å²) in [4.78, 5) is 29.0. The van der Waals surface area contributed by atoms with Gasteiger partial charge in [0.05, 0.1) is 12.2 Å². The first kappa shape index (κ1) is 15.1. The number of aromatic nitrogens is 2. The highest BCUT2D eigenvalue weighted by atomic mass is 16.2. The normalized spacial score (nSPS) is 20.0. The molecule has 1 fully saturated rings. The molecule has 1 atom stereocenters. The summed E-state index contributed by atoms with van der Waals surface area (Å²) in [5.41, 5.74) is 0.884. The van der Waals surface area contributed by atoms with Gasteiger partial charge in [0.15, 0.2) is 0 Å². The van der Waals surface area contributed by atoms with Crippen LogP contribution in [-0.2, 0) is 16.1 Å². The lowest BCUT2D eigenvalue weighted by Gasteiger charge is -2.37. The number of hydrogen-bond acceptors (Lipinski definition) is 3. The molecule has 1 saturated heterocycles. The van der Waals surface area contributed by atoms with E-state index in [0.717, 1.165) is 37.4 Å². The largest absolute Gasteiger partial charge is 0.341 e. The maximum Gasteiger partial charge on any atom is 0.245 e. The zero-order chi connectivity index (χ0) is 15.7. The Kier molecular flexibility index (Phi) is 4.18. The van der Waals surface area contributed by atoms with Gasteiger partial charge in [-0.25, -0.2) is 4.68 Å². The smallest absolute Gasteiger partial charge is 0.245 e. The first-order valence-electron chi connectivity index (χ1n) is 8.27. The van der Waals surface area contributed by atoms with Crippen LogP contribution in [0, 0.1) is 6.92 Å². The summed E-state index contributed by atoms with van der Waals surface area (Å²) in [5, 5.41) is 4.42. The van der Waals surface area contributed by atoms with Crippen LogP contribution in [0.3, 0.4) is 0 Å². The lowest BCUT2D eigenvalue weighted by molar-refractivity contribution is -0.135. The maximum atomic E-state index is 12.9. The molecular weight excluding hydrogens is 280 g/mol. The van der Waals surface area contributed by atoms with E-state index in [1.807, 2.05) is 29.5 Å². The number of nitrogens with zero attached hydrogens (tertiary/aromatic N) is 4. The van der Waals surface area contributed by atoms with Crippen molar-refractivity contribution in [3.8, 4) is 0 Å². The van der Waals surface area contributed by atoms with Gasteiger partial charge in [-0.05, 0) is 32.6 Å². The Bertz CT molecular complexity index is 575. The lowest BCUT2D eigenvalue weighted by Crippen LogP contribution is -2.54. The highest BCUT2D eigenvalue weighted by Crippen LogP contribution is 2.27. The van der Waals surface area contributed by atoms with Crippen LogP contribution in [-0.4, -0.2) is 45.6 Å². The maximum absolute atomic E-state index is 12.9. The number of carbonyl (C=O) groups excluding carboxylic acids is 2. The molecule has 6 heteroatoms. The second-order valence-electron chi connectivity index (χ2n) is 6.19. The average Bonchev–Trinajstić information content (AvgIpc) is 2.91. The topological polar surface area (TPSA) is 58.4 Å². The van der Waals surface area contributed by atoms with Crippen LogP contribution < -0.4 is 4.90 Å². The predicted molar refractivity (Wildman–Crippen MR) is 83.6 cm³/mol. The van der Waals surface area contributed by atoms with Gasteiger partial charge >= 0.3 is 0 Å². The Morgan fingerprint density at radius 3 is 2.68 bits per heavy atom. The van der Waals surface area contributed by atoms with Gasteiger partial charge in [-0.1, -0.05) is 6.92 Å². The van der Waals surface area contributed by atoms with Crippen molar-refractivity contribution in [2.24, 2.45) is 0 Å².